The zero-order chi connectivity index (χ0) is 20.5. The number of amides is 2. The monoisotopic (exact) mass is 402 g/mol. The highest BCUT2D eigenvalue weighted by molar-refractivity contribution is 8.00. The molecule has 0 aliphatic heterocycles. The van der Waals surface area contributed by atoms with Crippen LogP contribution < -0.4 is 10.6 Å². The Balaban J connectivity index is 2.01. The molecule has 3 N–H and O–H groups in total. The fourth-order valence-corrected chi connectivity index (χ4v) is 3.23. The predicted octanol–water partition coefficient (Wildman–Crippen LogP) is 3.91. The fourth-order valence-electron chi connectivity index (χ4n) is 2.22. The minimum Gasteiger partial charge on any atom is -0.478 e. The zero-order valence-corrected chi connectivity index (χ0v) is 15.8. The van der Waals surface area contributed by atoms with Crippen molar-refractivity contribution in [2.24, 2.45) is 0 Å². The number of hydrogen-bond acceptors (Lipinski definition) is 4. The Kier molecular flexibility index (Phi) is 7.76. The molecule has 8 heteroatoms. The number of carbonyl (C=O) groups is 3. The van der Waals surface area contributed by atoms with Crippen LogP contribution in [0.5, 0.6) is 0 Å². The van der Waals surface area contributed by atoms with Gasteiger partial charge in [0, 0.05) is 28.4 Å². The van der Waals surface area contributed by atoms with Crippen LogP contribution in [0.4, 0.5) is 15.8 Å². The van der Waals surface area contributed by atoms with E-state index in [-0.39, 0.29) is 17.0 Å². The third-order valence-electron chi connectivity index (χ3n) is 3.53. The average molecular weight is 402 g/mol. The first-order valence-corrected chi connectivity index (χ1v) is 9.30. The van der Waals surface area contributed by atoms with Crippen molar-refractivity contribution in [3.63, 3.8) is 0 Å². The molecule has 2 aromatic rings. The molecule has 6 nitrogen and oxygen atoms in total. The highest BCUT2D eigenvalue weighted by Crippen LogP contribution is 2.28. The van der Waals surface area contributed by atoms with E-state index in [1.54, 1.807) is 24.3 Å². The number of carbonyl (C=O) groups excluding carboxylic acids is 2. The fraction of sp³-hybridized carbons (Fsp3) is 0.150. The SMILES string of the molecule is CCC(Sc1cccc(NC(=O)/C=C/C(=O)O)c1)C(=O)Nc1ccc(F)cc1. The molecule has 0 saturated heterocycles. The zero-order valence-electron chi connectivity index (χ0n) is 15.0. The Morgan fingerprint density at radius 3 is 2.43 bits per heavy atom. The maximum absolute atomic E-state index is 13.0. The van der Waals surface area contributed by atoms with E-state index >= 15 is 0 Å². The predicted molar refractivity (Wildman–Crippen MR) is 107 cm³/mol. The standard InChI is InChI=1S/C20H19FN2O4S/c1-2-17(20(27)23-14-8-6-13(21)7-9-14)28-16-5-3-4-15(12-16)22-18(24)10-11-19(25)26/h3-12,17H,2H2,1H3,(H,22,24)(H,23,27)(H,25,26)/b11-10+. The van der Waals surface area contributed by atoms with Crippen molar-refractivity contribution in [3.05, 3.63) is 66.5 Å². The van der Waals surface area contributed by atoms with Gasteiger partial charge in [0.15, 0.2) is 0 Å². The summed E-state index contributed by atoms with van der Waals surface area (Å²) < 4.78 is 13.0. The molecule has 0 aromatic heterocycles. The molecule has 0 radical (unpaired) electrons. The molecule has 0 heterocycles. The van der Waals surface area contributed by atoms with E-state index in [1.165, 1.54) is 36.0 Å². The van der Waals surface area contributed by atoms with Crippen molar-refractivity contribution in [2.75, 3.05) is 10.6 Å². The van der Waals surface area contributed by atoms with E-state index in [2.05, 4.69) is 10.6 Å². The van der Waals surface area contributed by atoms with Crippen LogP contribution in [0.15, 0.2) is 65.6 Å². The lowest BCUT2D eigenvalue weighted by molar-refractivity contribution is -0.131. The van der Waals surface area contributed by atoms with Crippen LogP contribution in [-0.4, -0.2) is 28.1 Å². The Morgan fingerprint density at radius 2 is 1.79 bits per heavy atom. The van der Waals surface area contributed by atoms with Crippen molar-refractivity contribution in [3.8, 4) is 0 Å². The van der Waals surface area contributed by atoms with Gasteiger partial charge >= 0.3 is 5.97 Å². The van der Waals surface area contributed by atoms with E-state index in [0.29, 0.717) is 17.8 Å². The van der Waals surface area contributed by atoms with Gasteiger partial charge in [0.2, 0.25) is 11.8 Å². The van der Waals surface area contributed by atoms with Gasteiger partial charge < -0.3 is 15.7 Å². The first kappa shape index (κ1) is 21.2. The number of aliphatic carboxylic acids is 1. The molecule has 1 atom stereocenters. The Morgan fingerprint density at radius 1 is 1.07 bits per heavy atom. The van der Waals surface area contributed by atoms with Gasteiger partial charge in [-0.25, -0.2) is 9.18 Å². The molecule has 2 amide bonds. The Hall–Kier alpha value is -3.13. The van der Waals surface area contributed by atoms with Crippen LogP contribution in [0.1, 0.15) is 13.3 Å². The summed E-state index contributed by atoms with van der Waals surface area (Å²) in [5.74, 6) is -2.36. The molecule has 0 fully saturated rings. The lowest BCUT2D eigenvalue weighted by atomic mass is 10.2. The quantitative estimate of drug-likeness (QED) is 0.460. The molecule has 0 bridgehead atoms. The molecule has 146 valence electrons. The van der Waals surface area contributed by atoms with E-state index in [0.717, 1.165) is 17.0 Å². The highest BCUT2D eigenvalue weighted by Gasteiger charge is 2.18. The third-order valence-corrected chi connectivity index (χ3v) is 4.89. The summed E-state index contributed by atoms with van der Waals surface area (Å²) in [4.78, 5) is 35.4. The van der Waals surface area contributed by atoms with E-state index in [1.807, 2.05) is 6.92 Å². The summed E-state index contributed by atoms with van der Waals surface area (Å²) in [6, 6.07) is 12.4. The van der Waals surface area contributed by atoms with Gasteiger partial charge in [-0.15, -0.1) is 11.8 Å². The lowest BCUT2D eigenvalue weighted by Crippen LogP contribution is -2.24. The topological polar surface area (TPSA) is 95.5 Å². The Labute approximate surface area is 165 Å². The second-order valence-electron chi connectivity index (χ2n) is 5.70. The van der Waals surface area contributed by atoms with Crippen LogP contribution in [0, 0.1) is 5.82 Å². The lowest BCUT2D eigenvalue weighted by Gasteiger charge is -2.15. The molecule has 1 unspecified atom stereocenters. The minimum absolute atomic E-state index is 0.210. The maximum atomic E-state index is 13.0. The number of hydrogen-bond donors (Lipinski definition) is 3. The van der Waals surface area contributed by atoms with Crippen LogP contribution in [0.3, 0.4) is 0 Å². The van der Waals surface area contributed by atoms with Crippen LogP contribution in [0.25, 0.3) is 0 Å². The van der Waals surface area contributed by atoms with Gasteiger partial charge in [-0.3, -0.25) is 9.59 Å². The normalized spacial score (nSPS) is 11.8. The number of carboxylic acid groups (broad SMARTS) is 1. The number of benzene rings is 2. The van der Waals surface area contributed by atoms with Crippen molar-refractivity contribution in [1.82, 2.24) is 0 Å². The summed E-state index contributed by atoms with van der Waals surface area (Å²) in [5.41, 5.74) is 0.996. The largest absolute Gasteiger partial charge is 0.478 e. The first-order chi connectivity index (χ1) is 13.4. The van der Waals surface area contributed by atoms with Crippen LogP contribution in [0.2, 0.25) is 0 Å². The van der Waals surface area contributed by atoms with Gasteiger partial charge in [-0.2, -0.15) is 0 Å². The molecule has 0 aliphatic rings. The highest BCUT2D eigenvalue weighted by atomic mass is 32.2. The number of halogens is 1. The summed E-state index contributed by atoms with van der Waals surface area (Å²) >= 11 is 1.33. The van der Waals surface area contributed by atoms with E-state index in [9.17, 15) is 18.8 Å². The molecule has 2 aromatic carbocycles. The number of rotatable bonds is 8. The van der Waals surface area contributed by atoms with Crippen molar-refractivity contribution in [2.45, 2.75) is 23.5 Å². The van der Waals surface area contributed by atoms with E-state index < -0.39 is 11.9 Å². The van der Waals surface area contributed by atoms with Crippen LogP contribution in [-0.2, 0) is 14.4 Å². The summed E-state index contributed by atoms with van der Waals surface area (Å²) in [7, 11) is 0. The molecule has 0 spiro atoms. The molecule has 0 saturated carbocycles. The first-order valence-electron chi connectivity index (χ1n) is 8.42. The minimum atomic E-state index is -1.21. The van der Waals surface area contributed by atoms with Crippen molar-refractivity contribution in [1.29, 1.82) is 0 Å². The average Bonchev–Trinajstić information content (AvgIpc) is 2.66. The van der Waals surface area contributed by atoms with Gasteiger partial charge in [0.05, 0.1) is 5.25 Å². The van der Waals surface area contributed by atoms with E-state index in [4.69, 9.17) is 5.11 Å². The smallest absolute Gasteiger partial charge is 0.328 e. The molecular weight excluding hydrogens is 383 g/mol. The maximum Gasteiger partial charge on any atom is 0.328 e. The molecular formula is C20H19FN2O4S. The summed E-state index contributed by atoms with van der Waals surface area (Å²) in [5, 5.41) is 13.5. The van der Waals surface area contributed by atoms with Gasteiger partial charge in [-0.1, -0.05) is 13.0 Å². The number of nitrogens with one attached hydrogen (secondary N) is 2. The molecule has 0 aliphatic carbocycles. The summed E-state index contributed by atoms with van der Waals surface area (Å²) in [6.07, 6.45) is 2.24. The van der Waals surface area contributed by atoms with Crippen molar-refractivity contribution >= 4 is 40.9 Å². The molecule has 2 rings (SSSR count). The molecule has 28 heavy (non-hydrogen) atoms. The number of anilines is 2. The Bertz CT molecular complexity index is 884. The second-order valence-corrected chi connectivity index (χ2v) is 6.98. The number of carboxylic acids is 1. The third kappa shape index (κ3) is 6.88. The number of thioether (sulfide) groups is 1. The van der Waals surface area contributed by atoms with Gasteiger partial charge in [0.25, 0.3) is 0 Å². The second kappa shape index (κ2) is 10.3. The van der Waals surface area contributed by atoms with Gasteiger partial charge in [-0.05, 0) is 48.9 Å². The van der Waals surface area contributed by atoms with Crippen LogP contribution >= 0.6 is 11.8 Å². The summed E-state index contributed by atoms with van der Waals surface area (Å²) in [6.45, 7) is 1.88. The van der Waals surface area contributed by atoms with Gasteiger partial charge in [0.1, 0.15) is 5.82 Å². The van der Waals surface area contributed by atoms with Crippen molar-refractivity contribution < 1.29 is 23.9 Å².